The molecule has 1 unspecified atom stereocenters. The average molecular weight is 276 g/mol. The number of piperazine rings is 1. The number of anilines is 1. The van der Waals surface area contributed by atoms with Gasteiger partial charge in [-0.15, -0.1) is 0 Å². The Morgan fingerprint density at radius 3 is 2.75 bits per heavy atom. The van der Waals surface area contributed by atoms with Gasteiger partial charge in [0.15, 0.2) is 0 Å². The van der Waals surface area contributed by atoms with Gasteiger partial charge in [0.25, 0.3) is 0 Å². The molecule has 2 rings (SSSR count). The minimum atomic E-state index is -0.286. The lowest BCUT2D eigenvalue weighted by Crippen LogP contribution is -2.51. The molecule has 2 amide bonds. The summed E-state index contributed by atoms with van der Waals surface area (Å²) in [6.07, 6.45) is 2.79. The van der Waals surface area contributed by atoms with Crippen LogP contribution in [0.1, 0.15) is 31.9 Å². The minimum absolute atomic E-state index is 0.166. The van der Waals surface area contributed by atoms with E-state index in [1.807, 2.05) is 12.1 Å². The van der Waals surface area contributed by atoms with E-state index in [0.717, 1.165) is 18.5 Å². The highest BCUT2D eigenvalue weighted by molar-refractivity contribution is 6.02. The van der Waals surface area contributed by atoms with Gasteiger partial charge in [-0.3, -0.25) is 14.9 Å². The Hall–Kier alpha value is -1.95. The quantitative estimate of drug-likeness (QED) is 0.771. The van der Waals surface area contributed by atoms with Crippen molar-refractivity contribution in [3.63, 3.8) is 0 Å². The molecule has 0 aliphatic carbocycles. The standard InChI is InChI=1S/C14H20N4O2/c1-3-5-15-10(2)11-4-6-16-12(7-11)18-8-13(19)17-14(20)9-18/h4,6-7,10,15H,3,5,8-9H2,1-2H3,(H,17,19,20). The molecule has 1 saturated heterocycles. The molecule has 2 heterocycles. The third-order valence-electron chi connectivity index (χ3n) is 3.24. The molecular weight excluding hydrogens is 256 g/mol. The van der Waals surface area contributed by atoms with Gasteiger partial charge in [0.1, 0.15) is 5.82 Å². The highest BCUT2D eigenvalue weighted by atomic mass is 16.2. The summed E-state index contributed by atoms with van der Waals surface area (Å²) >= 11 is 0. The molecule has 20 heavy (non-hydrogen) atoms. The van der Waals surface area contributed by atoms with E-state index in [-0.39, 0.29) is 30.9 Å². The molecule has 1 aliphatic heterocycles. The zero-order valence-corrected chi connectivity index (χ0v) is 11.8. The predicted molar refractivity (Wildman–Crippen MR) is 76.3 cm³/mol. The van der Waals surface area contributed by atoms with Crippen molar-refractivity contribution >= 4 is 17.6 Å². The Kier molecular flexibility index (Phi) is 4.68. The number of amides is 2. The van der Waals surface area contributed by atoms with E-state index in [0.29, 0.717) is 5.82 Å². The second-order valence-electron chi connectivity index (χ2n) is 4.95. The van der Waals surface area contributed by atoms with Crippen LogP contribution in [0.2, 0.25) is 0 Å². The fourth-order valence-corrected chi connectivity index (χ4v) is 2.15. The zero-order valence-electron chi connectivity index (χ0n) is 11.8. The van der Waals surface area contributed by atoms with E-state index in [4.69, 9.17) is 0 Å². The van der Waals surface area contributed by atoms with Crippen LogP contribution in [0.4, 0.5) is 5.82 Å². The van der Waals surface area contributed by atoms with Crippen LogP contribution in [-0.2, 0) is 9.59 Å². The lowest BCUT2D eigenvalue weighted by atomic mass is 10.1. The number of aromatic nitrogens is 1. The minimum Gasteiger partial charge on any atom is -0.338 e. The number of hydrogen-bond donors (Lipinski definition) is 2. The molecule has 1 fully saturated rings. The van der Waals surface area contributed by atoms with Gasteiger partial charge in [-0.2, -0.15) is 0 Å². The van der Waals surface area contributed by atoms with E-state index in [2.05, 4.69) is 29.5 Å². The normalized spacial score (nSPS) is 17.0. The monoisotopic (exact) mass is 276 g/mol. The third-order valence-corrected chi connectivity index (χ3v) is 3.24. The molecule has 0 aromatic carbocycles. The SMILES string of the molecule is CCCNC(C)c1ccnc(N2CC(=O)NC(=O)C2)c1. The molecule has 1 aromatic heterocycles. The van der Waals surface area contributed by atoms with E-state index in [9.17, 15) is 9.59 Å². The Morgan fingerprint density at radius 2 is 2.10 bits per heavy atom. The highest BCUT2D eigenvalue weighted by Crippen LogP contribution is 2.18. The van der Waals surface area contributed by atoms with Crippen LogP contribution in [0, 0.1) is 0 Å². The number of nitrogens with zero attached hydrogens (tertiary/aromatic N) is 2. The van der Waals surface area contributed by atoms with Crippen LogP contribution in [0.3, 0.4) is 0 Å². The van der Waals surface area contributed by atoms with E-state index >= 15 is 0 Å². The fraction of sp³-hybridized carbons (Fsp3) is 0.500. The molecule has 0 bridgehead atoms. The molecule has 6 nitrogen and oxygen atoms in total. The van der Waals surface area contributed by atoms with Crippen molar-refractivity contribution in [2.24, 2.45) is 0 Å². The van der Waals surface area contributed by atoms with Crippen molar-refractivity contribution in [3.05, 3.63) is 23.9 Å². The lowest BCUT2D eigenvalue weighted by Gasteiger charge is -2.27. The molecule has 2 N–H and O–H groups in total. The van der Waals surface area contributed by atoms with Crippen LogP contribution >= 0.6 is 0 Å². The number of nitrogens with one attached hydrogen (secondary N) is 2. The smallest absolute Gasteiger partial charge is 0.246 e. The third kappa shape index (κ3) is 3.54. The number of hydrogen-bond acceptors (Lipinski definition) is 5. The lowest BCUT2D eigenvalue weighted by molar-refractivity contribution is -0.130. The number of carbonyl (C=O) groups excluding carboxylic acids is 2. The highest BCUT2D eigenvalue weighted by Gasteiger charge is 2.23. The van der Waals surface area contributed by atoms with Crippen molar-refractivity contribution in [1.29, 1.82) is 0 Å². The fourth-order valence-electron chi connectivity index (χ4n) is 2.15. The summed E-state index contributed by atoms with van der Waals surface area (Å²) in [5, 5.41) is 5.69. The van der Waals surface area contributed by atoms with Crippen molar-refractivity contribution < 1.29 is 9.59 Å². The van der Waals surface area contributed by atoms with Gasteiger partial charge in [0.05, 0.1) is 13.1 Å². The maximum absolute atomic E-state index is 11.4. The molecule has 0 spiro atoms. The molecule has 1 aliphatic rings. The summed E-state index contributed by atoms with van der Waals surface area (Å²) in [6, 6.07) is 4.09. The molecule has 108 valence electrons. The first-order chi connectivity index (χ1) is 9.60. The number of carbonyl (C=O) groups is 2. The first kappa shape index (κ1) is 14.5. The van der Waals surface area contributed by atoms with Crippen LogP contribution in [0.5, 0.6) is 0 Å². The molecule has 0 saturated carbocycles. The predicted octanol–water partition coefficient (Wildman–Crippen LogP) is 0.605. The van der Waals surface area contributed by atoms with Gasteiger partial charge < -0.3 is 10.2 Å². The topological polar surface area (TPSA) is 74.3 Å². The van der Waals surface area contributed by atoms with Gasteiger partial charge in [0.2, 0.25) is 11.8 Å². The largest absolute Gasteiger partial charge is 0.338 e. The first-order valence-corrected chi connectivity index (χ1v) is 6.87. The van der Waals surface area contributed by atoms with Crippen molar-refractivity contribution in [2.75, 3.05) is 24.5 Å². The van der Waals surface area contributed by atoms with Gasteiger partial charge in [-0.05, 0) is 37.6 Å². The average Bonchev–Trinajstić information content (AvgIpc) is 2.44. The second-order valence-corrected chi connectivity index (χ2v) is 4.95. The summed E-state index contributed by atoms with van der Waals surface area (Å²) in [6.45, 7) is 5.49. The number of imide groups is 1. The van der Waals surface area contributed by atoms with Crippen LogP contribution in [-0.4, -0.2) is 36.4 Å². The maximum atomic E-state index is 11.4. The summed E-state index contributed by atoms with van der Waals surface area (Å²) in [7, 11) is 0. The van der Waals surface area contributed by atoms with Crippen LogP contribution < -0.4 is 15.5 Å². The van der Waals surface area contributed by atoms with Gasteiger partial charge in [-0.25, -0.2) is 4.98 Å². The first-order valence-electron chi connectivity index (χ1n) is 6.87. The summed E-state index contributed by atoms with van der Waals surface area (Å²) < 4.78 is 0. The van der Waals surface area contributed by atoms with Gasteiger partial charge in [0, 0.05) is 12.2 Å². The van der Waals surface area contributed by atoms with Crippen molar-refractivity contribution in [3.8, 4) is 0 Å². The second kappa shape index (κ2) is 6.47. The Balaban J connectivity index is 2.12. The van der Waals surface area contributed by atoms with Crippen molar-refractivity contribution in [2.45, 2.75) is 26.3 Å². The molecule has 0 radical (unpaired) electrons. The van der Waals surface area contributed by atoms with Gasteiger partial charge >= 0.3 is 0 Å². The number of rotatable bonds is 5. The summed E-state index contributed by atoms with van der Waals surface area (Å²) in [4.78, 5) is 28.8. The maximum Gasteiger partial charge on any atom is 0.246 e. The Bertz CT molecular complexity index is 488. The summed E-state index contributed by atoms with van der Waals surface area (Å²) in [5.74, 6) is 0.0899. The Labute approximate surface area is 118 Å². The van der Waals surface area contributed by atoms with Crippen LogP contribution in [0.25, 0.3) is 0 Å². The van der Waals surface area contributed by atoms with E-state index in [1.165, 1.54) is 0 Å². The molecule has 6 heteroatoms. The molecule has 1 aromatic rings. The number of pyridine rings is 1. The van der Waals surface area contributed by atoms with Crippen molar-refractivity contribution in [1.82, 2.24) is 15.6 Å². The van der Waals surface area contributed by atoms with Gasteiger partial charge in [-0.1, -0.05) is 6.92 Å². The zero-order chi connectivity index (χ0) is 14.5. The van der Waals surface area contributed by atoms with Crippen LogP contribution in [0.15, 0.2) is 18.3 Å². The summed E-state index contributed by atoms with van der Waals surface area (Å²) in [5.41, 5.74) is 1.10. The van der Waals surface area contributed by atoms with E-state index < -0.39 is 0 Å². The van der Waals surface area contributed by atoms with E-state index in [1.54, 1.807) is 11.1 Å². The molecule has 1 atom stereocenters. The molecular formula is C14H20N4O2. The Morgan fingerprint density at radius 1 is 1.40 bits per heavy atom.